The van der Waals surface area contributed by atoms with E-state index in [1.54, 1.807) is 21.6 Å². The van der Waals surface area contributed by atoms with Crippen LogP contribution in [0.5, 0.6) is 0 Å². The van der Waals surface area contributed by atoms with E-state index in [2.05, 4.69) is 22.4 Å². The second-order valence-corrected chi connectivity index (χ2v) is 10.4. The maximum atomic E-state index is 13.8. The van der Waals surface area contributed by atoms with Crippen molar-refractivity contribution in [1.29, 1.82) is 0 Å². The van der Waals surface area contributed by atoms with Crippen LogP contribution in [0.3, 0.4) is 0 Å². The number of fused-ring (bicyclic) bond motifs is 3. The van der Waals surface area contributed by atoms with Crippen molar-refractivity contribution < 1.29 is 18.3 Å². The average Bonchev–Trinajstić information content (AvgIpc) is 3.55. The summed E-state index contributed by atoms with van der Waals surface area (Å²) in [5.74, 6) is 0.397. The number of halogens is 2. The second-order valence-electron chi connectivity index (χ2n) is 10.4. The second kappa shape index (κ2) is 8.96. The van der Waals surface area contributed by atoms with Gasteiger partial charge in [0.1, 0.15) is 5.56 Å². The zero-order valence-electron chi connectivity index (χ0n) is 19.7. The molecule has 1 unspecified atom stereocenters. The van der Waals surface area contributed by atoms with Crippen LogP contribution in [-0.2, 0) is 4.74 Å². The van der Waals surface area contributed by atoms with Gasteiger partial charge in [0.2, 0.25) is 0 Å². The van der Waals surface area contributed by atoms with Crippen LogP contribution in [0.4, 0.5) is 14.5 Å². The Kier molecular flexibility index (Phi) is 5.78. The topological polar surface area (TPSA) is 86.3 Å². The molecule has 3 fully saturated rings. The first kappa shape index (κ1) is 22.6. The molecule has 3 atom stereocenters. The Morgan fingerprint density at radius 1 is 1.14 bits per heavy atom. The molecule has 1 saturated carbocycles. The first-order valence-corrected chi connectivity index (χ1v) is 12.6. The number of carbonyl (C=O) groups is 1. The lowest BCUT2D eigenvalue weighted by Crippen LogP contribution is -2.24. The molecule has 3 aliphatic rings. The molecule has 2 bridgehead atoms. The molecule has 8 nitrogen and oxygen atoms in total. The molecule has 3 aromatic heterocycles. The molecule has 1 N–H and O–H groups in total. The zero-order valence-corrected chi connectivity index (χ0v) is 19.7. The van der Waals surface area contributed by atoms with Gasteiger partial charge < -0.3 is 10.1 Å². The lowest BCUT2D eigenvalue weighted by atomic mass is 9.87. The largest absolute Gasteiger partial charge is 0.375 e. The molecular weight excluding hydrogens is 454 g/mol. The van der Waals surface area contributed by atoms with Gasteiger partial charge in [0.15, 0.2) is 11.3 Å². The van der Waals surface area contributed by atoms with Crippen molar-refractivity contribution in [3.05, 3.63) is 41.6 Å². The minimum absolute atomic E-state index is 0.0418. The SMILES string of the molecule is CC1CCC(n2cc(NC(=O)c3cnn4ccc(C5C[C@H]6CC[C@@H](C5)O6)nc34)c(C(F)F)n2)CC1. The predicted molar refractivity (Wildman–Crippen MR) is 125 cm³/mol. The van der Waals surface area contributed by atoms with Crippen LogP contribution < -0.4 is 5.32 Å². The zero-order chi connectivity index (χ0) is 24.1. The molecule has 6 rings (SSSR count). The van der Waals surface area contributed by atoms with Gasteiger partial charge in [-0.05, 0) is 63.4 Å². The monoisotopic (exact) mass is 484 g/mol. The molecule has 5 heterocycles. The number of hydrogen-bond donors (Lipinski definition) is 1. The van der Waals surface area contributed by atoms with E-state index < -0.39 is 18.0 Å². The van der Waals surface area contributed by atoms with Crippen molar-refractivity contribution >= 4 is 17.2 Å². The smallest absolute Gasteiger partial charge is 0.284 e. The van der Waals surface area contributed by atoms with Gasteiger partial charge >= 0.3 is 0 Å². The molecular formula is C25H30F2N6O2. The van der Waals surface area contributed by atoms with E-state index in [-0.39, 0.29) is 35.4 Å². The number of nitrogens with one attached hydrogen (secondary N) is 1. The van der Waals surface area contributed by atoms with Gasteiger partial charge in [0.25, 0.3) is 12.3 Å². The summed E-state index contributed by atoms with van der Waals surface area (Å²) < 4.78 is 36.7. The summed E-state index contributed by atoms with van der Waals surface area (Å²) in [6, 6.07) is 2.02. The van der Waals surface area contributed by atoms with Crippen LogP contribution in [0, 0.1) is 5.92 Å². The minimum atomic E-state index is -2.79. The quantitative estimate of drug-likeness (QED) is 0.532. The lowest BCUT2D eigenvalue weighted by molar-refractivity contribution is -0.00439. The van der Waals surface area contributed by atoms with Gasteiger partial charge in [0.05, 0.1) is 30.1 Å². The molecule has 0 radical (unpaired) electrons. The maximum Gasteiger partial charge on any atom is 0.284 e. The van der Waals surface area contributed by atoms with Crippen LogP contribution in [0.2, 0.25) is 0 Å². The number of anilines is 1. The van der Waals surface area contributed by atoms with Gasteiger partial charge in [-0.2, -0.15) is 10.2 Å². The van der Waals surface area contributed by atoms with Crippen LogP contribution in [0.25, 0.3) is 5.65 Å². The third kappa shape index (κ3) is 4.32. The van der Waals surface area contributed by atoms with E-state index in [9.17, 15) is 13.6 Å². The van der Waals surface area contributed by atoms with Crippen molar-refractivity contribution in [3.63, 3.8) is 0 Å². The van der Waals surface area contributed by atoms with E-state index in [1.165, 1.54) is 6.20 Å². The van der Waals surface area contributed by atoms with Gasteiger partial charge in [-0.25, -0.2) is 18.3 Å². The first-order valence-electron chi connectivity index (χ1n) is 12.6. The van der Waals surface area contributed by atoms with Crippen molar-refractivity contribution in [3.8, 4) is 0 Å². The van der Waals surface area contributed by atoms with Crippen LogP contribution in [0.15, 0.2) is 24.7 Å². The summed E-state index contributed by atoms with van der Waals surface area (Å²) in [6.45, 7) is 2.21. The normalized spacial score (nSPS) is 28.6. The standard InChI is InChI=1S/C25H30F2N6O2/c1-14-2-4-16(5-3-14)33-13-21(22(31-33)23(26)27)30-25(34)19-12-28-32-9-8-20(29-24(19)32)15-10-17-6-7-18(11-15)35-17/h8-9,12-18,23H,2-7,10-11H2,1H3,(H,30,34)/t14?,15?,16?,17-,18+. The molecule has 35 heavy (non-hydrogen) atoms. The molecule has 1 aliphatic carbocycles. The highest BCUT2D eigenvalue weighted by atomic mass is 19.3. The number of rotatable bonds is 5. The Labute approximate surface area is 202 Å². The van der Waals surface area contributed by atoms with Crippen molar-refractivity contribution in [1.82, 2.24) is 24.4 Å². The number of hydrogen-bond acceptors (Lipinski definition) is 5. The fourth-order valence-corrected chi connectivity index (χ4v) is 5.92. The molecule has 3 aromatic rings. The van der Waals surface area contributed by atoms with Crippen LogP contribution in [0.1, 0.15) is 98.4 Å². The van der Waals surface area contributed by atoms with E-state index >= 15 is 0 Å². The summed E-state index contributed by atoms with van der Waals surface area (Å²) in [6.07, 6.45) is 10.5. The van der Waals surface area contributed by atoms with Crippen molar-refractivity contribution in [2.24, 2.45) is 5.92 Å². The Balaban J connectivity index is 1.25. The van der Waals surface area contributed by atoms with Crippen molar-refractivity contribution in [2.45, 2.75) is 88.9 Å². The fraction of sp³-hybridized carbons (Fsp3) is 0.600. The highest BCUT2D eigenvalue weighted by molar-refractivity contribution is 6.08. The van der Waals surface area contributed by atoms with Gasteiger partial charge in [-0.3, -0.25) is 9.48 Å². The number of amides is 1. The van der Waals surface area contributed by atoms with E-state index in [0.717, 1.165) is 57.1 Å². The van der Waals surface area contributed by atoms with Gasteiger partial charge in [-0.15, -0.1) is 0 Å². The number of carbonyl (C=O) groups excluding carboxylic acids is 1. The van der Waals surface area contributed by atoms with E-state index in [4.69, 9.17) is 9.72 Å². The lowest BCUT2D eigenvalue weighted by Gasteiger charge is -2.27. The fourth-order valence-electron chi connectivity index (χ4n) is 5.92. The Hall–Kier alpha value is -2.88. The molecule has 2 aliphatic heterocycles. The summed E-state index contributed by atoms with van der Waals surface area (Å²) in [7, 11) is 0. The highest BCUT2D eigenvalue weighted by Crippen LogP contribution is 2.40. The summed E-state index contributed by atoms with van der Waals surface area (Å²) in [5.41, 5.74) is 1.23. The Morgan fingerprint density at radius 2 is 1.89 bits per heavy atom. The van der Waals surface area contributed by atoms with Crippen molar-refractivity contribution in [2.75, 3.05) is 5.32 Å². The number of nitrogens with zero attached hydrogens (tertiary/aromatic N) is 5. The summed E-state index contributed by atoms with van der Waals surface area (Å²) in [4.78, 5) is 18.0. The molecule has 10 heteroatoms. The predicted octanol–water partition coefficient (Wildman–Crippen LogP) is 5.29. The van der Waals surface area contributed by atoms with Crippen LogP contribution >= 0.6 is 0 Å². The minimum Gasteiger partial charge on any atom is -0.375 e. The number of aromatic nitrogens is 5. The number of ether oxygens (including phenoxy) is 1. The maximum absolute atomic E-state index is 13.8. The molecule has 2 saturated heterocycles. The van der Waals surface area contributed by atoms with E-state index in [1.807, 2.05) is 6.07 Å². The third-order valence-corrected chi connectivity index (χ3v) is 7.92. The first-order chi connectivity index (χ1) is 16.9. The van der Waals surface area contributed by atoms with Gasteiger partial charge in [0, 0.05) is 24.0 Å². The molecule has 1 amide bonds. The summed E-state index contributed by atoms with van der Waals surface area (Å²) >= 11 is 0. The number of alkyl halides is 2. The highest BCUT2D eigenvalue weighted by Gasteiger charge is 2.36. The average molecular weight is 485 g/mol. The molecule has 0 spiro atoms. The molecule has 186 valence electrons. The third-order valence-electron chi connectivity index (χ3n) is 7.92. The Bertz CT molecular complexity index is 1220. The molecule has 0 aromatic carbocycles. The summed E-state index contributed by atoms with van der Waals surface area (Å²) in [5, 5.41) is 11.1. The Morgan fingerprint density at radius 3 is 2.60 bits per heavy atom. The van der Waals surface area contributed by atoms with Crippen LogP contribution in [-0.4, -0.2) is 42.5 Å². The van der Waals surface area contributed by atoms with E-state index in [0.29, 0.717) is 11.6 Å². The van der Waals surface area contributed by atoms with Gasteiger partial charge in [-0.1, -0.05) is 6.92 Å².